The second-order valence-corrected chi connectivity index (χ2v) is 8.35. The Morgan fingerprint density at radius 3 is 2.39 bits per heavy atom. The number of hydrogen-bond acceptors (Lipinski definition) is 6. The molecule has 2 aromatic rings. The lowest BCUT2D eigenvalue weighted by atomic mass is 9.94. The summed E-state index contributed by atoms with van der Waals surface area (Å²) in [5.74, 6) is -0.725. The number of benzene rings is 2. The van der Waals surface area contributed by atoms with Gasteiger partial charge in [-0.15, -0.1) is 4.90 Å². The van der Waals surface area contributed by atoms with E-state index in [1.807, 2.05) is 6.07 Å². The normalized spacial score (nSPS) is 16.7. The molecule has 1 N–H and O–H groups in total. The molecule has 1 unspecified atom stereocenters. The molecule has 1 heterocycles. The minimum atomic E-state index is -0.747. The molecule has 4 rings (SSSR count). The van der Waals surface area contributed by atoms with Gasteiger partial charge in [-0.2, -0.15) is 9.37 Å². The van der Waals surface area contributed by atoms with E-state index in [0.29, 0.717) is 16.5 Å². The summed E-state index contributed by atoms with van der Waals surface area (Å²) in [6.07, 6.45) is 6.79. The summed E-state index contributed by atoms with van der Waals surface area (Å²) in [5, 5.41) is 3.32. The zero-order valence-corrected chi connectivity index (χ0v) is 20.7. The predicted molar refractivity (Wildman–Crippen MR) is 134 cm³/mol. The van der Waals surface area contributed by atoms with Crippen LogP contribution in [0, 0.1) is 5.92 Å². The van der Waals surface area contributed by atoms with Crippen molar-refractivity contribution in [2.45, 2.75) is 6.54 Å². The Hall–Kier alpha value is -4.11. The van der Waals surface area contributed by atoms with Crippen molar-refractivity contribution < 1.29 is 33.2 Å². The summed E-state index contributed by atoms with van der Waals surface area (Å²) >= 11 is 6.18. The zero-order valence-electron chi connectivity index (χ0n) is 20.0. The first kappa shape index (κ1) is 25.0. The Morgan fingerprint density at radius 1 is 1.06 bits per heavy atom. The van der Waals surface area contributed by atoms with E-state index in [1.165, 1.54) is 38.0 Å². The van der Waals surface area contributed by atoms with E-state index in [0.717, 1.165) is 10.5 Å². The van der Waals surface area contributed by atoms with Crippen molar-refractivity contribution in [3.05, 3.63) is 71.3 Å². The average molecular weight is 511 g/mol. The van der Waals surface area contributed by atoms with E-state index >= 15 is 0 Å². The standard InChI is InChI=1S/C26H24ClN3O6/c1-34-21-12-17(13-22(35-2)24(21)36-3)30-25(32)18-9-5-7-11-20(18)29(26(30)33)15-23(31)28-14-16-8-4-6-10-19(16)27/h4-13,18H,14-15H2,1-3H3/p+1. The fourth-order valence-electron chi connectivity index (χ4n) is 4.09. The number of halogens is 1. The van der Waals surface area contributed by atoms with Gasteiger partial charge in [-0.3, -0.25) is 4.79 Å². The molecule has 0 aromatic heterocycles. The van der Waals surface area contributed by atoms with Gasteiger partial charge in [0, 0.05) is 23.7 Å². The summed E-state index contributed by atoms with van der Waals surface area (Å²) in [5.41, 5.74) is 1.39. The molecule has 1 aliphatic carbocycles. The Labute approximate surface area is 213 Å². The van der Waals surface area contributed by atoms with Gasteiger partial charge in [-0.25, -0.2) is 4.79 Å². The van der Waals surface area contributed by atoms with Crippen molar-refractivity contribution >= 4 is 40.8 Å². The maximum Gasteiger partial charge on any atom is 0.506 e. The van der Waals surface area contributed by atoms with E-state index in [9.17, 15) is 14.4 Å². The summed E-state index contributed by atoms with van der Waals surface area (Å²) < 4.78 is 17.4. The molecule has 36 heavy (non-hydrogen) atoms. The largest absolute Gasteiger partial charge is 0.506 e. The molecule has 10 heteroatoms. The molecule has 0 saturated carbocycles. The number of carbonyl (C=O) groups excluding carboxylic acids is 3. The van der Waals surface area contributed by atoms with Gasteiger partial charge in [0.2, 0.25) is 5.75 Å². The van der Waals surface area contributed by atoms with Crippen LogP contribution in [0.5, 0.6) is 17.2 Å². The maximum absolute atomic E-state index is 13.6. The topological polar surface area (TPSA) is 97.2 Å². The quantitative estimate of drug-likeness (QED) is 0.547. The van der Waals surface area contributed by atoms with E-state index in [1.54, 1.807) is 42.5 Å². The molecular weight excluding hydrogens is 486 g/mol. The lowest BCUT2D eigenvalue weighted by Gasteiger charge is -2.27. The summed E-state index contributed by atoms with van der Waals surface area (Å²) in [6.45, 7) is -0.0912. The molecule has 0 spiro atoms. The highest BCUT2D eigenvalue weighted by Crippen LogP contribution is 2.42. The van der Waals surface area contributed by atoms with Crippen LogP contribution in [0.2, 0.25) is 5.02 Å². The molecule has 2 aromatic carbocycles. The lowest BCUT2D eigenvalue weighted by molar-refractivity contribution is -0.417. The third-order valence-corrected chi connectivity index (χ3v) is 6.23. The van der Waals surface area contributed by atoms with Gasteiger partial charge in [0.15, 0.2) is 18.0 Å². The fourth-order valence-corrected chi connectivity index (χ4v) is 4.29. The van der Waals surface area contributed by atoms with Crippen LogP contribution in [0.3, 0.4) is 0 Å². The van der Waals surface area contributed by atoms with Crippen LogP contribution >= 0.6 is 11.6 Å². The Kier molecular flexibility index (Phi) is 7.40. The van der Waals surface area contributed by atoms with E-state index < -0.39 is 23.8 Å². The second kappa shape index (κ2) is 10.7. The monoisotopic (exact) mass is 510 g/mol. The third kappa shape index (κ3) is 4.70. The highest BCUT2D eigenvalue weighted by Gasteiger charge is 2.49. The SMILES string of the molecule is COc1cc(N2C(=O)C3C=CC=CC3=[N+](CC(=O)NCc3ccccc3Cl)C2=O)cc(OC)c1OC. The zero-order chi connectivity index (χ0) is 25.8. The fraction of sp³-hybridized carbons (Fsp3) is 0.231. The van der Waals surface area contributed by atoms with Gasteiger partial charge in [-0.1, -0.05) is 48.0 Å². The number of rotatable bonds is 8. The number of allylic oxidation sites excluding steroid dienone is 3. The van der Waals surface area contributed by atoms with Gasteiger partial charge in [0.25, 0.3) is 5.91 Å². The molecule has 1 aliphatic heterocycles. The molecule has 0 fully saturated rings. The van der Waals surface area contributed by atoms with Gasteiger partial charge in [0.05, 0.1) is 21.3 Å². The number of methoxy groups -OCH3 is 3. The van der Waals surface area contributed by atoms with Crippen LogP contribution in [0.1, 0.15) is 5.56 Å². The summed E-state index contributed by atoms with van der Waals surface area (Å²) in [7, 11) is 4.34. The van der Waals surface area contributed by atoms with E-state index in [4.69, 9.17) is 25.8 Å². The number of nitrogens with one attached hydrogen (secondary N) is 1. The number of amides is 4. The van der Waals surface area contributed by atoms with E-state index in [2.05, 4.69) is 5.32 Å². The predicted octanol–water partition coefficient (Wildman–Crippen LogP) is 3.34. The summed E-state index contributed by atoms with van der Waals surface area (Å²) in [6, 6.07) is 9.52. The average Bonchev–Trinajstić information content (AvgIpc) is 2.90. The molecule has 0 saturated heterocycles. The van der Waals surface area contributed by atoms with Crippen LogP contribution in [0.25, 0.3) is 0 Å². The number of urea groups is 1. The number of carbonyl (C=O) groups is 3. The lowest BCUT2D eigenvalue weighted by Crippen LogP contribution is -2.56. The van der Waals surface area contributed by atoms with Crippen LogP contribution in [0.4, 0.5) is 10.5 Å². The van der Waals surface area contributed by atoms with Crippen molar-refractivity contribution in [1.29, 1.82) is 0 Å². The van der Waals surface area contributed by atoms with Crippen LogP contribution in [0.15, 0.2) is 60.7 Å². The molecule has 2 aliphatic rings. The second-order valence-electron chi connectivity index (χ2n) is 7.94. The molecule has 1 atom stereocenters. The van der Waals surface area contributed by atoms with Crippen LogP contribution in [-0.2, 0) is 16.1 Å². The first-order chi connectivity index (χ1) is 17.4. The van der Waals surface area contributed by atoms with Crippen molar-refractivity contribution in [3.63, 3.8) is 0 Å². The number of nitrogens with zero attached hydrogens (tertiary/aromatic N) is 2. The number of fused-ring (bicyclic) bond motifs is 1. The van der Waals surface area contributed by atoms with Crippen LogP contribution < -0.4 is 24.4 Å². The Balaban J connectivity index is 1.68. The highest BCUT2D eigenvalue weighted by molar-refractivity contribution is 6.31. The van der Waals surface area contributed by atoms with Gasteiger partial charge >= 0.3 is 11.9 Å². The molecule has 0 radical (unpaired) electrons. The molecule has 0 bridgehead atoms. The number of anilines is 1. The molecule has 4 amide bonds. The van der Waals surface area contributed by atoms with Gasteiger partial charge in [-0.05, 0) is 17.7 Å². The van der Waals surface area contributed by atoms with Gasteiger partial charge in [0.1, 0.15) is 17.3 Å². The molecule has 186 valence electrons. The number of imide groups is 1. The molecular formula is C26H25ClN3O6+. The first-order valence-corrected chi connectivity index (χ1v) is 11.4. The minimum Gasteiger partial charge on any atom is -0.493 e. The van der Waals surface area contributed by atoms with E-state index in [-0.39, 0.29) is 30.3 Å². The number of ether oxygens (including phenoxy) is 3. The van der Waals surface area contributed by atoms with Crippen molar-refractivity contribution in [1.82, 2.24) is 5.32 Å². The number of hydrogen-bond donors (Lipinski definition) is 1. The molecule has 9 nitrogen and oxygen atoms in total. The Morgan fingerprint density at radius 2 is 1.75 bits per heavy atom. The maximum atomic E-state index is 13.6. The minimum absolute atomic E-state index is 0.199. The highest BCUT2D eigenvalue weighted by atomic mass is 35.5. The van der Waals surface area contributed by atoms with Crippen molar-refractivity contribution in [3.8, 4) is 17.2 Å². The summed E-state index contributed by atoms with van der Waals surface area (Å²) in [4.78, 5) is 41.0. The third-order valence-electron chi connectivity index (χ3n) is 5.86. The van der Waals surface area contributed by atoms with Gasteiger partial charge < -0.3 is 19.5 Å². The smallest absolute Gasteiger partial charge is 0.493 e. The van der Waals surface area contributed by atoms with Crippen molar-refractivity contribution in [2.24, 2.45) is 5.92 Å². The van der Waals surface area contributed by atoms with Crippen LogP contribution in [-0.4, -0.2) is 56.0 Å². The van der Waals surface area contributed by atoms with Crippen molar-refractivity contribution in [2.75, 3.05) is 32.8 Å². The first-order valence-electron chi connectivity index (χ1n) is 11.1. The Bertz CT molecular complexity index is 1290.